The van der Waals surface area contributed by atoms with E-state index in [1.807, 2.05) is 17.8 Å². The van der Waals surface area contributed by atoms with E-state index in [2.05, 4.69) is 22.1 Å². The summed E-state index contributed by atoms with van der Waals surface area (Å²) in [7, 11) is 1.90. The molecule has 0 aromatic carbocycles. The minimum absolute atomic E-state index is 0.635. The van der Waals surface area contributed by atoms with E-state index >= 15 is 0 Å². The van der Waals surface area contributed by atoms with E-state index in [9.17, 15) is 0 Å². The number of H-pyrrole nitrogens is 1. The third-order valence-corrected chi connectivity index (χ3v) is 3.54. The molecule has 0 aliphatic carbocycles. The Balaban J connectivity index is 2.37. The monoisotopic (exact) mass is 240 g/mol. The molecule has 15 heavy (non-hydrogen) atoms. The van der Waals surface area contributed by atoms with Crippen molar-refractivity contribution in [2.45, 2.75) is 19.8 Å². The van der Waals surface area contributed by atoms with Gasteiger partial charge < -0.3 is 4.57 Å². The minimum Gasteiger partial charge on any atom is -0.303 e. The van der Waals surface area contributed by atoms with Crippen LogP contribution in [0.3, 0.4) is 0 Å². The van der Waals surface area contributed by atoms with Gasteiger partial charge in [-0.05, 0) is 25.1 Å². The first-order valence-electron chi connectivity index (χ1n) is 4.79. The lowest BCUT2D eigenvalue weighted by atomic mass is 10.4. The second kappa shape index (κ2) is 4.24. The van der Waals surface area contributed by atoms with Crippen LogP contribution in [-0.4, -0.2) is 19.7 Å². The van der Waals surface area contributed by atoms with Gasteiger partial charge in [0.25, 0.3) is 0 Å². The van der Waals surface area contributed by atoms with Gasteiger partial charge in [-0.1, -0.05) is 6.92 Å². The molecule has 2 aromatic rings. The minimum atomic E-state index is 0.635. The van der Waals surface area contributed by atoms with Crippen LogP contribution >= 0.6 is 23.6 Å². The largest absolute Gasteiger partial charge is 0.303 e. The summed E-state index contributed by atoms with van der Waals surface area (Å²) in [5, 5.41) is 8.10. The molecule has 0 saturated carbocycles. The van der Waals surface area contributed by atoms with Gasteiger partial charge in [0, 0.05) is 13.2 Å². The van der Waals surface area contributed by atoms with E-state index in [0.29, 0.717) is 4.77 Å². The summed E-state index contributed by atoms with van der Waals surface area (Å²) in [5.41, 5.74) is 0. The van der Waals surface area contributed by atoms with Gasteiger partial charge in [-0.15, -0.1) is 11.3 Å². The maximum Gasteiger partial charge on any atom is 0.195 e. The van der Waals surface area contributed by atoms with Gasteiger partial charge in [0.1, 0.15) is 0 Å². The van der Waals surface area contributed by atoms with Crippen LogP contribution in [0.5, 0.6) is 0 Å². The predicted molar refractivity (Wildman–Crippen MR) is 63.5 cm³/mol. The van der Waals surface area contributed by atoms with Crippen LogP contribution in [0, 0.1) is 4.77 Å². The van der Waals surface area contributed by atoms with Gasteiger partial charge in [0.2, 0.25) is 0 Å². The zero-order chi connectivity index (χ0) is 10.8. The Labute approximate surface area is 97.0 Å². The van der Waals surface area contributed by atoms with Crippen LogP contribution in [0.4, 0.5) is 0 Å². The van der Waals surface area contributed by atoms with E-state index in [1.165, 1.54) is 0 Å². The highest BCUT2D eigenvalue weighted by Gasteiger charge is 2.09. The molecule has 2 aromatic heterocycles. The second-order valence-corrected chi connectivity index (χ2v) is 4.78. The van der Waals surface area contributed by atoms with Crippen molar-refractivity contribution in [3.63, 3.8) is 0 Å². The van der Waals surface area contributed by atoms with Crippen molar-refractivity contribution in [1.29, 1.82) is 0 Å². The average Bonchev–Trinajstić information content (AvgIpc) is 2.77. The van der Waals surface area contributed by atoms with Gasteiger partial charge in [-0.2, -0.15) is 5.10 Å². The van der Waals surface area contributed by atoms with Crippen molar-refractivity contribution in [3.05, 3.63) is 16.0 Å². The van der Waals surface area contributed by atoms with E-state index in [0.717, 1.165) is 28.6 Å². The van der Waals surface area contributed by atoms with Crippen molar-refractivity contribution in [2.75, 3.05) is 0 Å². The molecule has 0 aliphatic rings. The number of aromatic nitrogens is 4. The Morgan fingerprint density at radius 3 is 3.00 bits per heavy atom. The van der Waals surface area contributed by atoms with Crippen LogP contribution in [0.25, 0.3) is 10.7 Å². The standard InChI is InChI=1S/C9H12N4S2/c1-3-4-7-10-5-6(15-7)8-11-12-9(14)13(8)2/h5H,3-4H2,1-2H3,(H,12,14). The van der Waals surface area contributed by atoms with Gasteiger partial charge in [-0.3, -0.25) is 5.10 Å². The topological polar surface area (TPSA) is 46.5 Å². The lowest BCUT2D eigenvalue weighted by Crippen LogP contribution is -1.89. The molecule has 0 amide bonds. The number of hydrogen-bond donors (Lipinski definition) is 1. The highest BCUT2D eigenvalue weighted by atomic mass is 32.1. The molecule has 4 nitrogen and oxygen atoms in total. The summed E-state index contributed by atoms with van der Waals surface area (Å²) in [5.74, 6) is 0.861. The molecule has 0 saturated heterocycles. The van der Waals surface area contributed by atoms with Gasteiger partial charge in [0.05, 0.1) is 9.88 Å². The van der Waals surface area contributed by atoms with E-state index in [1.54, 1.807) is 11.3 Å². The van der Waals surface area contributed by atoms with Crippen molar-refractivity contribution < 1.29 is 0 Å². The van der Waals surface area contributed by atoms with Crippen molar-refractivity contribution in [2.24, 2.45) is 7.05 Å². The lowest BCUT2D eigenvalue weighted by molar-refractivity contribution is 0.902. The van der Waals surface area contributed by atoms with Crippen LogP contribution in [0.1, 0.15) is 18.4 Å². The summed E-state index contributed by atoms with van der Waals surface area (Å²) < 4.78 is 2.49. The summed E-state index contributed by atoms with van der Waals surface area (Å²) in [6, 6.07) is 0. The molecule has 2 rings (SSSR count). The number of aryl methyl sites for hydroxylation is 1. The Kier molecular flexibility index (Phi) is 2.97. The molecule has 0 atom stereocenters. The first-order valence-corrected chi connectivity index (χ1v) is 6.01. The normalized spacial score (nSPS) is 10.8. The van der Waals surface area contributed by atoms with Crippen molar-refractivity contribution >= 4 is 23.6 Å². The SMILES string of the molecule is CCCc1ncc(-c2n[nH]c(=S)n2C)s1. The fourth-order valence-electron chi connectivity index (χ4n) is 1.31. The fraction of sp³-hybridized carbons (Fsp3) is 0.444. The highest BCUT2D eigenvalue weighted by Crippen LogP contribution is 2.24. The lowest BCUT2D eigenvalue weighted by Gasteiger charge is -1.93. The summed E-state index contributed by atoms with van der Waals surface area (Å²) in [6.45, 7) is 2.15. The summed E-state index contributed by atoms with van der Waals surface area (Å²) >= 11 is 6.74. The van der Waals surface area contributed by atoms with Gasteiger partial charge >= 0.3 is 0 Å². The Bertz CT molecular complexity index is 508. The molecule has 0 fully saturated rings. The number of aromatic amines is 1. The Morgan fingerprint density at radius 2 is 2.40 bits per heavy atom. The highest BCUT2D eigenvalue weighted by molar-refractivity contribution is 7.71. The summed E-state index contributed by atoms with van der Waals surface area (Å²) in [6.07, 6.45) is 4.01. The molecule has 0 spiro atoms. The Hall–Kier alpha value is -1.01. The number of nitrogens with zero attached hydrogens (tertiary/aromatic N) is 3. The zero-order valence-electron chi connectivity index (χ0n) is 8.65. The first-order chi connectivity index (χ1) is 7.22. The molecule has 0 unspecified atom stereocenters. The summed E-state index contributed by atoms with van der Waals surface area (Å²) in [4.78, 5) is 5.41. The molecule has 0 aliphatic heterocycles. The average molecular weight is 240 g/mol. The van der Waals surface area contributed by atoms with Crippen LogP contribution in [0.15, 0.2) is 6.20 Å². The maximum atomic E-state index is 5.06. The number of nitrogens with one attached hydrogen (secondary N) is 1. The second-order valence-electron chi connectivity index (χ2n) is 3.28. The van der Waals surface area contributed by atoms with E-state index in [-0.39, 0.29) is 0 Å². The molecule has 80 valence electrons. The third kappa shape index (κ3) is 2.00. The third-order valence-electron chi connectivity index (χ3n) is 2.12. The van der Waals surface area contributed by atoms with Gasteiger partial charge in [0.15, 0.2) is 10.6 Å². The van der Waals surface area contributed by atoms with Crippen LogP contribution < -0.4 is 0 Å². The smallest absolute Gasteiger partial charge is 0.195 e. The number of hydrogen-bond acceptors (Lipinski definition) is 4. The molecule has 0 bridgehead atoms. The molecule has 1 N–H and O–H groups in total. The van der Waals surface area contributed by atoms with Gasteiger partial charge in [-0.25, -0.2) is 4.98 Å². The number of thiazole rings is 1. The molecule has 0 radical (unpaired) electrons. The maximum absolute atomic E-state index is 5.06. The molecule has 6 heteroatoms. The predicted octanol–water partition coefficient (Wildman–Crippen LogP) is 2.55. The van der Waals surface area contributed by atoms with Crippen molar-refractivity contribution in [1.82, 2.24) is 19.7 Å². The molecule has 2 heterocycles. The van der Waals surface area contributed by atoms with Crippen molar-refractivity contribution in [3.8, 4) is 10.7 Å². The quantitative estimate of drug-likeness (QED) is 0.839. The fourth-order valence-corrected chi connectivity index (χ4v) is 2.49. The molecular weight excluding hydrogens is 228 g/mol. The van der Waals surface area contributed by atoms with E-state index < -0.39 is 0 Å². The first kappa shape index (κ1) is 10.5. The van der Waals surface area contributed by atoms with Crippen LogP contribution in [-0.2, 0) is 13.5 Å². The van der Waals surface area contributed by atoms with E-state index in [4.69, 9.17) is 12.2 Å². The Morgan fingerprint density at radius 1 is 1.60 bits per heavy atom. The zero-order valence-corrected chi connectivity index (χ0v) is 10.3. The molecular formula is C9H12N4S2. The van der Waals surface area contributed by atoms with Crippen LogP contribution in [0.2, 0.25) is 0 Å². The number of rotatable bonds is 3.